The topological polar surface area (TPSA) is 26.0 Å². The van der Waals surface area contributed by atoms with Crippen molar-refractivity contribution in [1.82, 2.24) is 0 Å². The van der Waals surface area contributed by atoms with Crippen LogP contribution in [0.15, 0.2) is 24.3 Å². The van der Waals surface area contributed by atoms with E-state index in [0.29, 0.717) is 6.54 Å². The Morgan fingerprint density at radius 1 is 0.789 bits per heavy atom. The molecular formula is C18H23N. The fraction of sp³-hybridized carbons (Fsp3) is 0.333. The second kappa shape index (κ2) is 5.18. The monoisotopic (exact) mass is 253 g/mol. The van der Waals surface area contributed by atoms with Gasteiger partial charge in [0.15, 0.2) is 0 Å². The lowest BCUT2D eigenvalue weighted by Crippen LogP contribution is -2.01. The first-order valence-electron chi connectivity index (χ1n) is 6.83. The molecule has 0 aliphatic rings. The summed E-state index contributed by atoms with van der Waals surface area (Å²) < 4.78 is 0. The number of nitrogens with two attached hydrogens (primary N) is 1. The van der Waals surface area contributed by atoms with Crippen LogP contribution in [-0.2, 0) is 6.54 Å². The molecule has 0 aliphatic carbocycles. The van der Waals surface area contributed by atoms with E-state index in [4.69, 9.17) is 5.73 Å². The van der Waals surface area contributed by atoms with E-state index >= 15 is 0 Å². The standard InChI is InChI=1S/C18H23N/c1-11-12(2)14(4)18(15(5)13(11)3)17-8-6-7-16(9-17)10-19/h6-9H,10,19H2,1-5H3. The molecule has 0 saturated heterocycles. The second-order valence-electron chi connectivity index (χ2n) is 5.40. The summed E-state index contributed by atoms with van der Waals surface area (Å²) in [7, 11) is 0. The van der Waals surface area contributed by atoms with Crippen molar-refractivity contribution in [2.24, 2.45) is 5.73 Å². The quantitative estimate of drug-likeness (QED) is 0.845. The van der Waals surface area contributed by atoms with Crippen LogP contribution in [0.25, 0.3) is 11.1 Å². The van der Waals surface area contributed by atoms with Gasteiger partial charge in [-0.1, -0.05) is 18.2 Å². The average molecular weight is 253 g/mol. The molecule has 0 amide bonds. The maximum absolute atomic E-state index is 5.76. The molecule has 0 aliphatic heterocycles. The summed E-state index contributed by atoms with van der Waals surface area (Å²) in [4.78, 5) is 0. The zero-order valence-electron chi connectivity index (χ0n) is 12.6. The van der Waals surface area contributed by atoms with Crippen LogP contribution in [-0.4, -0.2) is 0 Å². The van der Waals surface area contributed by atoms with Crippen LogP contribution in [0, 0.1) is 34.6 Å². The molecule has 1 heteroatoms. The molecule has 2 aromatic rings. The highest BCUT2D eigenvalue weighted by molar-refractivity contribution is 5.75. The van der Waals surface area contributed by atoms with Crippen molar-refractivity contribution in [3.8, 4) is 11.1 Å². The van der Waals surface area contributed by atoms with Crippen molar-refractivity contribution >= 4 is 0 Å². The average Bonchev–Trinajstić information content (AvgIpc) is 2.43. The van der Waals surface area contributed by atoms with Crippen LogP contribution in [0.1, 0.15) is 33.4 Å². The van der Waals surface area contributed by atoms with Gasteiger partial charge in [0, 0.05) is 6.54 Å². The van der Waals surface area contributed by atoms with Gasteiger partial charge in [-0.05, 0) is 85.2 Å². The smallest absolute Gasteiger partial charge is 0.0178 e. The van der Waals surface area contributed by atoms with E-state index in [9.17, 15) is 0 Å². The highest BCUT2D eigenvalue weighted by Gasteiger charge is 2.13. The van der Waals surface area contributed by atoms with Gasteiger partial charge in [-0.15, -0.1) is 0 Å². The normalized spacial score (nSPS) is 10.8. The molecule has 0 heterocycles. The lowest BCUT2D eigenvalue weighted by Gasteiger charge is -2.19. The molecule has 2 N–H and O–H groups in total. The molecular weight excluding hydrogens is 230 g/mol. The fourth-order valence-electron chi connectivity index (χ4n) is 2.79. The SMILES string of the molecule is Cc1c(C)c(C)c(-c2cccc(CN)c2)c(C)c1C. The zero-order valence-corrected chi connectivity index (χ0v) is 12.6. The summed E-state index contributed by atoms with van der Waals surface area (Å²) in [6.07, 6.45) is 0. The molecule has 0 unspecified atom stereocenters. The largest absolute Gasteiger partial charge is 0.326 e. The van der Waals surface area contributed by atoms with Crippen LogP contribution in [0.4, 0.5) is 0 Å². The Kier molecular flexibility index (Phi) is 3.77. The van der Waals surface area contributed by atoms with Gasteiger partial charge in [0.1, 0.15) is 0 Å². The molecule has 2 rings (SSSR count). The van der Waals surface area contributed by atoms with Gasteiger partial charge in [-0.2, -0.15) is 0 Å². The summed E-state index contributed by atoms with van der Waals surface area (Å²) >= 11 is 0. The fourth-order valence-corrected chi connectivity index (χ4v) is 2.79. The van der Waals surface area contributed by atoms with Crippen molar-refractivity contribution in [3.05, 3.63) is 57.6 Å². The number of benzene rings is 2. The Hall–Kier alpha value is -1.60. The van der Waals surface area contributed by atoms with Gasteiger partial charge in [-0.3, -0.25) is 0 Å². The van der Waals surface area contributed by atoms with E-state index in [2.05, 4.69) is 58.9 Å². The van der Waals surface area contributed by atoms with Crippen molar-refractivity contribution in [2.45, 2.75) is 41.2 Å². The third-order valence-electron chi connectivity index (χ3n) is 4.45. The number of rotatable bonds is 2. The molecule has 19 heavy (non-hydrogen) atoms. The molecule has 0 bridgehead atoms. The van der Waals surface area contributed by atoms with Crippen molar-refractivity contribution in [3.63, 3.8) is 0 Å². The molecule has 2 aromatic carbocycles. The molecule has 0 atom stereocenters. The first kappa shape index (κ1) is 13.8. The van der Waals surface area contributed by atoms with E-state index < -0.39 is 0 Å². The summed E-state index contributed by atoms with van der Waals surface area (Å²) in [6.45, 7) is 11.7. The highest BCUT2D eigenvalue weighted by atomic mass is 14.5. The van der Waals surface area contributed by atoms with Crippen LogP contribution in [0.3, 0.4) is 0 Å². The molecule has 0 spiro atoms. The van der Waals surface area contributed by atoms with Gasteiger partial charge < -0.3 is 5.73 Å². The third kappa shape index (κ3) is 2.31. The molecule has 0 fully saturated rings. The van der Waals surface area contributed by atoms with Crippen LogP contribution in [0.5, 0.6) is 0 Å². The van der Waals surface area contributed by atoms with Gasteiger partial charge in [-0.25, -0.2) is 0 Å². The third-order valence-corrected chi connectivity index (χ3v) is 4.45. The minimum absolute atomic E-state index is 0.593. The second-order valence-corrected chi connectivity index (χ2v) is 5.40. The summed E-state index contributed by atoms with van der Waals surface area (Å²) in [6, 6.07) is 8.58. The van der Waals surface area contributed by atoms with Gasteiger partial charge in [0.25, 0.3) is 0 Å². The van der Waals surface area contributed by atoms with Crippen LogP contribution in [0.2, 0.25) is 0 Å². The van der Waals surface area contributed by atoms with E-state index in [0.717, 1.165) is 0 Å². The number of hydrogen-bond donors (Lipinski definition) is 1. The van der Waals surface area contributed by atoms with E-state index in [1.807, 2.05) is 0 Å². The first-order chi connectivity index (χ1) is 8.97. The molecule has 1 nitrogen and oxygen atoms in total. The molecule has 0 radical (unpaired) electrons. The first-order valence-corrected chi connectivity index (χ1v) is 6.83. The Balaban J connectivity index is 2.75. The van der Waals surface area contributed by atoms with Crippen molar-refractivity contribution < 1.29 is 0 Å². The molecule has 0 saturated carbocycles. The zero-order chi connectivity index (χ0) is 14.2. The predicted octanol–water partition coefficient (Wildman–Crippen LogP) is 4.35. The van der Waals surface area contributed by atoms with Crippen molar-refractivity contribution in [1.29, 1.82) is 0 Å². The maximum Gasteiger partial charge on any atom is 0.0178 e. The molecule has 0 aromatic heterocycles. The lowest BCUT2D eigenvalue weighted by molar-refractivity contribution is 1.07. The Morgan fingerprint density at radius 2 is 1.32 bits per heavy atom. The van der Waals surface area contributed by atoms with Crippen LogP contribution >= 0.6 is 0 Å². The minimum Gasteiger partial charge on any atom is -0.326 e. The van der Waals surface area contributed by atoms with E-state index in [-0.39, 0.29) is 0 Å². The number of hydrogen-bond acceptors (Lipinski definition) is 1. The van der Waals surface area contributed by atoms with E-state index in [1.54, 1.807) is 0 Å². The summed E-state index contributed by atoms with van der Waals surface area (Å²) in [5.41, 5.74) is 16.6. The Morgan fingerprint density at radius 3 is 1.84 bits per heavy atom. The van der Waals surface area contributed by atoms with Gasteiger partial charge in [0.2, 0.25) is 0 Å². The van der Waals surface area contributed by atoms with E-state index in [1.165, 1.54) is 44.5 Å². The lowest BCUT2D eigenvalue weighted by atomic mass is 9.86. The Bertz CT molecular complexity index is 595. The highest BCUT2D eigenvalue weighted by Crippen LogP contribution is 2.34. The van der Waals surface area contributed by atoms with Crippen LogP contribution < -0.4 is 5.73 Å². The van der Waals surface area contributed by atoms with Gasteiger partial charge >= 0.3 is 0 Å². The summed E-state index contributed by atoms with van der Waals surface area (Å²) in [5, 5.41) is 0. The minimum atomic E-state index is 0.593. The predicted molar refractivity (Wildman–Crippen MR) is 83.5 cm³/mol. The van der Waals surface area contributed by atoms with Gasteiger partial charge in [0.05, 0.1) is 0 Å². The maximum atomic E-state index is 5.76. The Labute approximate surface area is 116 Å². The molecule has 100 valence electrons. The summed E-state index contributed by atoms with van der Waals surface area (Å²) in [5.74, 6) is 0. The van der Waals surface area contributed by atoms with Crippen molar-refractivity contribution in [2.75, 3.05) is 0 Å².